The maximum atomic E-state index is 4.87. The fourth-order valence-electron chi connectivity index (χ4n) is 3.70. The standard InChI is InChI=1S/C25H31N5.HI/c1-24(2,3)22-26-21(27-23(28-22)25(4,5)6)17-11-10-12-18(15-17)30-16-29(7)19-13-8-9-14-20(19)30;/h8-15H,16H2,1-7H3;1H. The molecule has 0 saturated heterocycles. The maximum absolute atomic E-state index is 4.87. The van der Waals surface area contributed by atoms with Crippen LogP contribution in [0.15, 0.2) is 48.5 Å². The predicted octanol–water partition coefficient (Wildman–Crippen LogP) is 1.39. The highest BCUT2D eigenvalue weighted by Crippen LogP contribution is 2.34. The van der Waals surface area contributed by atoms with E-state index in [9.17, 15) is 0 Å². The minimum Gasteiger partial charge on any atom is -1.00 e. The molecule has 0 fully saturated rings. The quantitative estimate of drug-likeness (QED) is 0.510. The van der Waals surface area contributed by atoms with Gasteiger partial charge in [-0.25, -0.2) is 15.0 Å². The first-order valence-corrected chi connectivity index (χ1v) is 10.6. The number of fused-ring (bicyclic) bond motifs is 1. The van der Waals surface area contributed by atoms with E-state index in [0.717, 1.165) is 35.4 Å². The van der Waals surface area contributed by atoms with E-state index >= 15 is 0 Å². The highest BCUT2D eigenvalue weighted by atomic mass is 127. The molecule has 1 atom stereocenters. The molecule has 6 heteroatoms. The molecule has 0 amide bonds. The minimum atomic E-state index is -0.144. The number of hydrogen-bond acceptors (Lipinski definition) is 4. The monoisotopic (exact) mass is 529 g/mol. The molecular weight excluding hydrogens is 497 g/mol. The Morgan fingerprint density at radius 2 is 1.42 bits per heavy atom. The van der Waals surface area contributed by atoms with Gasteiger partial charge in [0.2, 0.25) is 0 Å². The second-order valence-corrected chi connectivity index (χ2v) is 10.2. The van der Waals surface area contributed by atoms with Crippen molar-refractivity contribution in [3.8, 4) is 11.4 Å². The number of aromatic nitrogens is 3. The molecule has 0 saturated carbocycles. The first-order chi connectivity index (χ1) is 14.0. The fourth-order valence-corrected chi connectivity index (χ4v) is 3.70. The number of anilines is 2. The molecule has 5 nitrogen and oxygen atoms in total. The molecule has 164 valence electrons. The third-order valence-electron chi connectivity index (χ3n) is 5.44. The second-order valence-electron chi connectivity index (χ2n) is 10.2. The average molecular weight is 529 g/mol. The SMILES string of the molecule is C[NH+]1CN(c2cccc(-c3nc(C(C)(C)C)nc(C(C)(C)C)n3)c2)c2ccccc21.[I-]. The van der Waals surface area contributed by atoms with Crippen LogP contribution in [0.4, 0.5) is 17.1 Å². The molecule has 0 aliphatic carbocycles. The van der Waals surface area contributed by atoms with Gasteiger partial charge >= 0.3 is 0 Å². The third kappa shape index (κ3) is 4.75. The molecule has 1 unspecified atom stereocenters. The van der Waals surface area contributed by atoms with E-state index in [-0.39, 0.29) is 34.8 Å². The average Bonchev–Trinajstić information content (AvgIpc) is 3.03. The van der Waals surface area contributed by atoms with Gasteiger partial charge in [-0.05, 0) is 18.2 Å². The molecular formula is C25H32IN5. The zero-order valence-electron chi connectivity index (χ0n) is 19.5. The van der Waals surface area contributed by atoms with Gasteiger partial charge in [-0.15, -0.1) is 0 Å². The Hall–Kier alpha value is -2.06. The number of para-hydroxylation sites is 2. The van der Waals surface area contributed by atoms with Crippen molar-refractivity contribution < 1.29 is 28.9 Å². The van der Waals surface area contributed by atoms with Gasteiger partial charge < -0.3 is 24.0 Å². The van der Waals surface area contributed by atoms with Gasteiger partial charge in [-0.3, -0.25) is 9.80 Å². The van der Waals surface area contributed by atoms with Crippen molar-refractivity contribution >= 4 is 17.1 Å². The first kappa shape index (κ1) is 23.6. The minimum absolute atomic E-state index is 0. The summed E-state index contributed by atoms with van der Waals surface area (Å²) < 4.78 is 0. The molecule has 2 heterocycles. The molecule has 31 heavy (non-hydrogen) atoms. The largest absolute Gasteiger partial charge is 1.00 e. The van der Waals surface area contributed by atoms with Crippen LogP contribution in [0.25, 0.3) is 11.4 Å². The van der Waals surface area contributed by atoms with E-state index in [1.165, 1.54) is 16.3 Å². The van der Waals surface area contributed by atoms with Crippen molar-refractivity contribution in [3.63, 3.8) is 0 Å². The molecule has 0 radical (unpaired) electrons. The lowest BCUT2D eigenvalue weighted by Gasteiger charge is -2.23. The van der Waals surface area contributed by atoms with Crippen LogP contribution < -0.4 is 33.8 Å². The predicted molar refractivity (Wildman–Crippen MR) is 123 cm³/mol. The van der Waals surface area contributed by atoms with E-state index in [0.29, 0.717) is 0 Å². The van der Waals surface area contributed by atoms with Gasteiger partial charge in [0.1, 0.15) is 17.3 Å². The topological polar surface area (TPSA) is 46.4 Å². The summed E-state index contributed by atoms with van der Waals surface area (Å²) in [7, 11) is 2.21. The summed E-state index contributed by atoms with van der Waals surface area (Å²) in [6, 6.07) is 17.1. The van der Waals surface area contributed by atoms with Crippen molar-refractivity contribution in [3.05, 3.63) is 60.2 Å². The van der Waals surface area contributed by atoms with Crippen molar-refractivity contribution in [2.24, 2.45) is 0 Å². The number of quaternary nitrogens is 1. The van der Waals surface area contributed by atoms with Gasteiger partial charge in [-0.2, -0.15) is 0 Å². The van der Waals surface area contributed by atoms with Crippen LogP contribution in [-0.4, -0.2) is 28.7 Å². The van der Waals surface area contributed by atoms with Gasteiger partial charge in [0.15, 0.2) is 18.2 Å². The summed E-state index contributed by atoms with van der Waals surface area (Å²) in [5, 5.41) is 0. The Bertz CT molecular complexity index is 1050. The van der Waals surface area contributed by atoms with E-state index in [2.05, 4.69) is 102 Å². The maximum Gasteiger partial charge on any atom is 0.163 e. The van der Waals surface area contributed by atoms with E-state index in [4.69, 9.17) is 15.0 Å². The Labute approximate surface area is 203 Å². The number of benzene rings is 2. The van der Waals surface area contributed by atoms with E-state index in [1.54, 1.807) is 0 Å². The fraction of sp³-hybridized carbons (Fsp3) is 0.400. The lowest BCUT2D eigenvalue weighted by atomic mass is 9.93. The van der Waals surface area contributed by atoms with E-state index in [1.807, 2.05) is 0 Å². The summed E-state index contributed by atoms with van der Waals surface area (Å²) in [6.07, 6.45) is 0. The molecule has 1 aromatic heterocycles. The first-order valence-electron chi connectivity index (χ1n) is 10.6. The Morgan fingerprint density at radius 3 is 2.03 bits per heavy atom. The van der Waals surface area contributed by atoms with Crippen LogP contribution >= 0.6 is 0 Å². The number of hydrogen-bond donors (Lipinski definition) is 1. The van der Waals surface area contributed by atoms with E-state index < -0.39 is 0 Å². The lowest BCUT2D eigenvalue weighted by Crippen LogP contribution is -3.03. The number of nitrogens with zero attached hydrogens (tertiary/aromatic N) is 4. The third-order valence-corrected chi connectivity index (χ3v) is 5.44. The Kier molecular flexibility index (Phi) is 6.45. The molecule has 1 aliphatic rings. The van der Waals surface area contributed by atoms with Gasteiger partial charge in [0.25, 0.3) is 0 Å². The number of halogens is 1. The number of rotatable bonds is 2. The summed E-state index contributed by atoms with van der Waals surface area (Å²) >= 11 is 0. The van der Waals surface area contributed by atoms with Crippen LogP contribution in [0.1, 0.15) is 53.2 Å². The highest BCUT2D eigenvalue weighted by Gasteiger charge is 2.29. The summed E-state index contributed by atoms with van der Waals surface area (Å²) in [4.78, 5) is 18.3. The molecule has 2 aromatic carbocycles. The van der Waals surface area contributed by atoms with Gasteiger partial charge in [0.05, 0.1) is 7.05 Å². The van der Waals surface area contributed by atoms with Crippen LogP contribution in [0.3, 0.4) is 0 Å². The lowest BCUT2D eigenvalue weighted by molar-refractivity contribution is -0.802. The molecule has 0 spiro atoms. The molecule has 1 aliphatic heterocycles. The molecule has 3 aromatic rings. The van der Waals surface area contributed by atoms with Crippen molar-refractivity contribution in [2.45, 2.75) is 52.4 Å². The summed E-state index contributed by atoms with van der Waals surface area (Å²) in [5.41, 5.74) is 4.48. The molecule has 0 bridgehead atoms. The van der Waals surface area contributed by atoms with Gasteiger partial charge in [0, 0.05) is 28.1 Å². The number of nitrogens with one attached hydrogen (secondary N) is 1. The molecule has 4 rings (SSSR count). The van der Waals surface area contributed by atoms with Crippen molar-refractivity contribution in [1.82, 2.24) is 15.0 Å². The zero-order chi connectivity index (χ0) is 21.7. The second kappa shape index (κ2) is 8.47. The zero-order valence-corrected chi connectivity index (χ0v) is 21.7. The van der Waals surface area contributed by atoms with Crippen LogP contribution in [0.5, 0.6) is 0 Å². The van der Waals surface area contributed by atoms with Crippen molar-refractivity contribution in [2.75, 3.05) is 18.6 Å². The smallest absolute Gasteiger partial charge is 0.163 e. The summed E-state index contributed by atoms with van der Waals surface area (Å²) in [5.74, 6) is 2.41. The van der Waals surface area contributed by atoms with Crippen molar-refractivity contribution in [1.29, 1.82) is 0 Å². The Morgan fingerprint density at radius 1 is 0.806 bits per heavy atom. The van der Waals surface area contributed by atoms with Crippen LogP contribution in [-0.2, 0) is 10.8 Å². The van der Waals surface area contributed by atoms with Crippen LogP contribution in [0.2, 0.25) is 0 Å². The highest BCUT2D eigenvalue weighted by molar-refractivity contribution is 5.76. The Balaban J connectivity index is 0.00000272. The van der Waals surface area contributed by atoms with Crippen LogP contribution in [0, 0.1) is 0 Å². The summed E-state index contributed by atoms with van der Waals surface area (Å²) in [6.45, 7) is 13.8. The normalized spacial score (nSPS) is 16.1. The van der Waals surface area contributed by atoms with Gasteiger partial charge in [-0.1, -0.05) is 65.8 Å². The molecule has 1 N–H and O–H groups in total.